The van der Waals surface area contributed by atoms with E-state index in [9.17, 15) is 4.79 Å². The standard InChI is InChI=1S/C18H15NO/c1-4-9-19-16-8-6-5-7-14(16)18(20)15-11-12(2)10-13(3)17(15)19/h5-8,10-11H,1-3H3. The number of hydrogen-bond donors (Lipinski definition) is 0. The third kappa shape index (κ3) is 1.71. The van der Waals surface area contributed by atoms with Gasteiger partial charge in [-0.1, -0.05) is 24.1 Å². The molecule has 0 saturated carbocycles. The molecule has 0 unspecified atom stereocenters. The van der Waals surface area contributed by atoms with Crippen LogP contribution in [0.5, 0.6) is 0 Å². The molecular weight excluding hydrogens is 246 g/mol. The van der Waals surface area contributed by atoms with E-state index in [0.717, 1.165) is 27.5 Å². The second kappa shape index (κ2) is 4.54. The zero-order chi connectivity index (χ0) is 14.3. The molecule has 0 spiro atoms. The summed E-state index contributed by atoms with van der Waals surface area (Å²) < 4.78 is 1.93. The molecule has 0 aliphatic carbocycles. The molecule has 0 saturated heterocycles. The average Bonchev–Trinajstić information content (AvgIpc) is 2.43. The summed E-state index contributed by atoms with van der Waals surface area (Å²) in [6, 6.07) is 14.8. The molecule has 3 rings (SSSR count). The van der Waals surface area contributed by atoms with Crippen molar-refractivity contribution >= 4 is 21.8 Å². The van der Waals surface area contributed by atoms with Gasteiger partial charge in [-0.25, -0.2) is 0 Å². The summed E-state index contributed by atoms with van der Waals surface area (Å²) in [5, 5.41) is 1.46. The number of aromatic nitrogens is 1. The topological polar surface area (TPSA) is 22.0 Å². The fourth-order valence-electron chi connectivity index (χ4n) is 2.78. The quantitative estimate of drug-likeness (QED) is 0.447. The van der Waals surface area contributed by atoms with Crippen LogP contribution < -0.4 is 5.43 Å². The number of aryl methyl sites for hydroxylation is 2. The Labute approximate surface area is 117 Å². The number of hydrogen-bond acceptors (Lipinski definition) is 1. The minimum atomic E-state index is 0.0801. The van der Waals surface area contributed by atoms with Gasteiger partial charge in [-0.2, -0.15) is 0 Å². The van der Waals surface area contributed by atoms with Gasteiger partial charge in [0.05, 0.1) is 11.0 Å². The Bertz CT molecular complexity index is 952. The van der Waals surface area contributed by atoms with E-state index >= 15 is 0 Å². The Morgan fingerprint density at radius 3 is 2.55 bits per heavy atom. The van der Waals surface area contributed by atoms with Gasteiger partial charge in [0.15, 0.2) is 5.43 Å². The van der Waals surface area contributed by atoms with E-state index in [1.165, 1.54) is 0 Å². The lowest BCUT2D eigenvalue weighted by molar-refractivity contribution is 1.21. The predicted molar refractivity (Wildman–Crippen MR) is 84.0 cm³/mol. The summed E-state index contributed by atoms with van der Waals surface area (Å²) in [6.07, 6.45) is 0. The van der Waals surface area contributed by atoms with Crippen LogP contribution in [0, 0.1) is 25.8 Å². The highest BCUT2D eigenvalue weighted by molar-refractivity contribution is 5.96. The minimum Gasteiger partial charge on any atom is -0.288 e. The number of nitrogens with zero attached hydrogens (tertiary/aromatic N) is 1. The molecule has 0 aliphatic heterocycles. The van der Waals surface area contributed by atoms with Crippen LogP contribution >= 0.6 is 0 Å². The summed E-state index contributed by atoms with van der Waals surface area (Å²) in [5.41, 5.74) is 4.03. The van der Waals surface area contributed by atoms with E-state index in [2.05, 4.69) is 18.0 Å². The smallest absolute Gasteiger partial charge is 0.197 e. The Morgan fingerprint density at radius 1 is 1.05 bits per heavy atom. The predicted octanol–water partition coefficient (Wildman–Crippen LogP) is 3.60. The van der Waals surface area contributed by atoms with Gasteiger partial charge in [-0.3, -0.25) is 9.36 Å². The molecule has 2 heteroatoms. The van der Waals surface area contributed by atoms with Gasteiger partial charge in [0, 0.05) is 16.8 Å². The molecular formula is C18H15NO. The first-order valence-corrected chi connectivity index (χ1v) is 6.61. The van der Waals surface area contributed by atoms with Crippen molar-refractivity contribution in [2.45, 2.75) is 20.8 Å². The summed E-state index contributed by atoms with van der Waals surface area (Å²) >= 11 is 0. The lowest BCUT2D eigenvalue weighted by atomic mass is 10.0. The zero-order valence-corrected chi connectivity index (χ0v) is 11.8. The SMILES string of the molecule is CC#Cn1c2ccccc2c(=O)c2cc(C)cc(C)c21. The van der Waals surface area contributed by atoms with Gasteiger partial charge < -0.3 is 0 Å². The van der Waals surface area contributed by atoms with E-state index in [1.54, 1.807) is 0 Å². The highest BCUT2D eigenvalue weighted by atomic mass is 16.1. The fourth-order valence-corrected chi connectivity index (χ4v) is 2.78. The maximum atomic E-state index is 12.7. The van der Waals surface area contributed by atoms with Crippen molar-refractivity contribution in [3.8, 4) is 12.0 Å². The Hall–Kier alpha value is -2.53. The van der Waals surface area contributed by atoms with E-state index in [1.807, 2.05) is 55.7 Å². The molecule has 3 aromatic rings. The van der Waals surface area contributed by atoms with Crippen molar-refractivity contribution in [1.29, 1.82) is 0 Å². The van der Waals surface area contributed by atoms with Crippen LogP contribution in [-0.4, -0.2) is 4.57 Å². The molecule has 0 N–H and O–H groups in total. The van der Waals surface area contributed by atoms with Gasteiger partial charge in [0.25, 0.3) is 0 Å². The summed E-state index contributed by atoms with van der Waals surface area (Å²) in [4.78, 5) is 12.7. The van der Waals surface area contributed by atoms with Crippen molar-refractivity contribution in [2.24, 2.45) is 0 Å². The van der Waals surface area contributed by atoms with Crippen LogP contribution in [0.1, 0.15) is 18.1 Å². The maximum Gasteiger partial charge on any atom is 0.197 e. The van der Waals surface area contributed by atoms with Crippen LogP contribution in [0.15, 0.2) is 41.2 Å². The highest BCUT2D eigenvalue weighted by Gasteiger charge is 2.11. The third-order valence-electron chi connectivity index (χ3n) is 3.53. The maximum absolute atomic E-state index is 12.7. The van der Waals surface area contributed by atoms with Crippen molar-refractivity contribution in [1.82, 2.24) is 4.57 Å². The molecule has 1 aromatic heterocycles. The molecule has 2 aromatic carbocycles. The minimum absolute atomic E-state index is 0.0801. The monoisotopic (exact) mass is 261 g/mol. The second-order valence-electron chi connectivity index (χ2n) is 5.02. The van der Waals surface area contributed by atoms with Gasteiger partial charge in [-0.15, -0.1) is 0 Å². The first-order chi connectivity index (χ1) is 9.63. The Balaban J connectivity index is 2.73. The van der Waals surface area contributed by atoms with Gasteiger partial charge in [0.1, 0.15) is 0 Å². The van der Waals surface area contributed by atoms with Crippen molar-refractivity contribution < 1.29 is 0 Å². The van der Waals surface area contributed by atoms with Gasteiger partial charge in [-0.05, 0) is 50.1 Å². The second-order valence-corrected chi connectivity index (χ2v) is 5.02. The van der Waals surface area contributed by atoms with Crippen molar-refractivity contribution in [3.63, 3.8) is 0 Å². The van der Waals surface area contributed by atoms with Crippen LogP contribution in [0.2, 0.25) is 0 Å². The normalized spacial score (nSPS) is 10.6. The van der Waals surface area contributed by atoms with E-state index < -0.39 is 0 Å². The average molecular weight is 261 g/mol. The highest BCUT2D eigenvalue weighted by Crippen LogP contribution is 2.22. The Kier molecular flexibility index (Phi) is 2.84. The summed E-state index contributed by atoms with van der Waals surface area (Å²) in [7, 11) is 0. The number of para-hydroxylation sites is 1. The number of fused-ring (bicyclic) bond motifs is 2. The van der Waals surface area contributed by atoms with E-state index in [4.69, 9.17) is 0 Å². The molecule has 0 aliphatic rings. The van der Waals surface area contributed by atoms with Crippen molar-refractivity contribution in [2.75, 3.05) is 0 Å². The molecule has 1 heterocycles. The molecule has 0 atom stereocenters. The first-order valence-electron chi connectivity index (χ1n) is 6.61. The van der Waals surface area contributed by atoms with Crippen LogP contribution in [0.4, 0.5) is 0 Å². The number of benzene rings is 2. The van der Waals surface area contributed by atoms with Crippen molar-refractivity contribution in [3.05, 3.63) is 57.7 Å². The summed E-state index contributed by atoms with van der Waals surface area (Å²) in [5.74, 6) is 2.94. The zero-order valence-electron chi connectivity index (χ0n) is 11.8. The Morgan fingerprint density at radius 2 is 1.80 bits per heavy atom. The van der Waals surface area contributed by atoms with Gasteiger partial charge >= 0.3 is 0 Å². The number of rotatable bonds is 0. The lowest BCUT2D eigenvalue weighted by Gasteiger charge is -2.12. The third-order valence-corrected chi connectivity index (χ3v) is 3.53. The molecule has 98 valence electrons. The molecule has 0 fully saturated rings. The molecule has 2 nitrogen and oxygen atoms in total. The van der Waals surface area contributed by atoms with Crippen LogP contribution in [-0.2, 0) is 0 Å². The summed E-state index contributed by atoms with van der Waals surface area (Å²) in [6.45, 7) is 5.84. The van der Waals surface area contributed by atoms with Gasteiger partial charge in [0.2, 0.25) is 0 Å². The number of pyridine rings is 1. The molecule has 20 heavy (non-hydrogen) atoms. The van der Waals surface area contributed by atoms with E-state index in [-0.39, 0.29) is 5.43 Å². The molecule has 0 bridgehead atoms. The van der Waals surface area contributed by atoms with E-state index in [0.29, 0.717) is 5.39 Å². The first kappa shape index (κ1) is 12.5. The molecule has 0 amide bonds. The molecule has 0 radical (unpaired) electrons. The fraction of sp³-hybridized carbons (Fsp3) is 0.167. The van der Waals surface area contributed by atoms with Crippen LogP contribution in [0.3, 0.4) is 0 Å². The largest absolute Gasteiger partial charge is 0.288 e. The lowest BCUT2D eigenvalue weighted by Crippen LogP contribution is -2.10. The van der Waals surface area contributed by atoms with Crippen LogP contribution in [0.25, 0.3) is 21.8 Å².